The molecule has 7 heteroatoms. The van der Waals surface area contributed by atoms with Crippen molar-refractivity contribution in [1.82, 2.24) is 4.98 Å². The van der Waals surface area contributed by atoms with E-state index in [2.05, 4.69) is 10.3 Å². The van der Waals surface area contributed by atoms with E-state index >= 15 is 0 Å². The van der Waals surface area contributed by atoms with Crippen LogP contribution >= 0.6 is 0 Å². The summed E-state index contributed by atoms with van der Waals surface area (Å²) >= 11 is 0. The molecule has 0 aliphatic heterocycles. The first-order chi connectivity index (χ1) is 12.1. The van der Waals surface area contributed by atoms with Gasteiger partial charge < -0.3 is 10.1 Å². The Balaban J connectivity index is 1.93. The minimum atomic E-state index is -0.566. The summed E-state index contributed by atoms with van der Waals surface area (Å²) in [6.45, 7) is 2.04. The molecule has 2 aromatic carbocycles. The van der Waals surface area contributed by atoms with Crippen LogP contribution < -0.4 is 10.1 Å². The average molecular weight is 337 g/mol. The van der Waals surface area contributed by atoms with Crippen LogP contribution in [0.2, 0.25) is 0 Å². The number of fused-ring (bicyclic) bond motifs is 1. The van der Waals surface area contributed by atoms with E-state index in [-0.39, 0.29) is 17.0 Å². The lowest BCUT2D eigenvalue weighted by Gasteiger charge is -2.09. The van der Waals surface area contributed by atoms with Crippen LogP contribution in [0, 0.1) is 10.1 Å². The van der Waals surface area contributed by atoms with E-state index in [0.29, 0.717) is 12.3 Å². The van der Waals surface area contributed by atoms with Crippen molar-refractivity contribution in [1.29, 1.82) is 0 Å². The van der Waals surface area contributed by atoms with Crippen molar-refractivity contribution >= 4 is 28.2 Å². The fourth-order valence-corrected chi connectivity index (χ4v) is 2.49. The molecule has 0 unspecified atom stereocenters. The van der Waals surface area contributed by atoms with E-state index in [9.17, 15) is 14.9 Å². The number of anilines is 1. The normalized spacial score (nSPS) is 10.4. The second kappa shape index (κ2) is 6.96. The number of nitrogens with one attached hydrogen (secondary N) is 1. The van der Waals surface area contributed by atoms with Crippen molar-refractivity contribution in [3.63, 3.8) is 0 Å². The standard InChI is InChI=1S/C18H15N3O4/c1-2-25-17-9-8-12(11-16(17)21(23)24)18(22)20-15-7-3-6-14-13(15)5-4-10-19-14/h3-11H,2H2,1H3,(H,20,22). The molecule has 126 valence electrons. The number of aromatic nitrogens is 1. The second-order valence-electron chi connectivity index (χ2n) is 5.20. The van der Waals surface area contributed by atoms with E-state index in [1.807, 2.05) is 12.1 Å². The number of carbonyl (C=O) groups is 1. The van der Waals surface area contributed by atoms with Crippen molar-refractivity contribution in [2.24, 2.45) is 0 Å². The average Bonchev–Trinajstić information content (AvgIpc) is 2.62. The van der Waals surface area contributed by atoms with Crippen LogP contribution in [0.4, 0.5) is 11.4 Å². The topological polar surface area (TPSA) is 94.4 Å². The maximum atomic E-state index is 12.5. The van der Waals surface area contributed by atoms with Crippen LogP contribution in [-0.2, 0) is 0 Å². The van der Waals surface area contributed by atoms with Gasteiger partial charge in [0.2, 0.25) is 0 Å². The molecular weight excluding hydrogens is 322 g/mol. The number of nitro groups is 1. The SMILES string of the molecule is CCOc1ccc(C(=O)Nc2cccc3ncccc23)cc1[N+](=O)[O-]. The Morgan fingerprint density at radius 3 is 2.84 bits per heavy atom. The van der Waals surface area contributed by atoms with Gasteiger partial charge in [-0.3, -0.25) is 19.9 Å². The Bertz CT molecular complexity index is 951. The third kappa shape index (κ3) is 3.40. The molecule has 0 aliphatic carbocycles. The number of rotatable bonds is 5. The van der Waals surface area contributed by atoms with Gasteiger partial charge in [-0.2, -0.15) is 0 Å². The van der Waals surface area contributed by atoms with Crippen molar-refractivity contribution in [2.75, 3.05) is 11.9 Å². The third-order valence-corrected chi connectivity index (χ3v) is 3.61. The number of benzene rings is 2. The van der Waals surface area contributed by atoms with E-state index in [1.165, 1.54) is 18.2 Å². The minimum Gasteiger partial charge on any atom is -0.487 e. The predicted molar refractivity (Wildman–Crippen MR) is 94.0 cm³/mol. The molecule has 0 aliphatic rings. The summed E-state index contributed by atoms with van der Waals surface area (Å²) in [5.41, 5.74) is 1.27. The predicted octanol–water partition coefficient (Wildman–Crippen LogP) is 3.79. The molecule has 3 aromatic rings. The molecule has 0 radical (unpaired) electrons. The zero-order valence-electron chi connectivity index (χ0n) is 13.4. The lowest BCUT2D eigenvalue weighted by Crippen LogP contribution is -2.12. The molecule has 3 rings (SSSR count). The van der Waals surface area contributed by atoms with Crippen molar-refractivity contribution in [3.05, 3.63) is 70.4 Å². The van der Waals surface area contributed by atoms with E-state index in [1.54, 1.807) is 31.3 Å². The van der Waals surface area contributed by atoms with Gasteiger partial charge in [0.1, 0.15) is 0 Å². The molecule has 0 saturated heterocycles. The van der Waals surface area contributed by atoms with Gasteiger partial charge in [-0.15, -0.1) is 0 Å². The first kappa shape index (κ1) is 16.4. The molecule has 0 spiro atoms. The van der Waals surface area contributed by atoms with Crippen molar-refractivity contribution in [3.8, 4) is 5.75 Å². The van der Waals surface area contributed by atoms with Crippen LogP contribution in [0.1, 0.15) is 17.3 Å². The molecule has 25 heavy (non-hydrogen) atoms. The van der Waals surface area contributed by atoms with Crippen LogP contribution in [0.25, 0.3) is 10.9 Å². The number of nitrogens with zero attached hydrogens (tertiary/aromatic N) is 2. The van der Waals surface area contributed by atoms with Crippen molar-refractivity contribution < 1.29 is 14.5 Å². The Labute approximate surface area is 143 Å². The summed E-state index contributed by atoms with van der Waals surface area (Å²) in [6, 6.07) is 13.1. The zero-order valence-corrected chi connectivity index (χ0v) is 13.4. The van der Waals surface area contributed by atoms with Crippen LogP contribution in [0.15, 0.2) is 54.7 Å². The quantitative estimate of drug-likeness (QED) is 0.564. The monoisotopic (exact) mass is 337 g/mol. The number of nitro benzene ring substituents is 1. The first-order valence-corrected chi connectivity index (χ1v) is 7.66. The van der Waals surface area contributed by atoms with Crippen LogP contribution in [0.5, 0.6) is 5.75 Å². The highest BCUT2D eigenvalue weighted by Crippen LogP contribution is 2.29. The summed E-state index contributed by atoms with van der Waals surface area (Å²) in [5, 5.41) is 14.8. The van der Waals surface area contributed by atoms with Gasteiger partial charge in [-0.05, 0) is 43.3 Å². The molecule has 0 atom stereocenters. The lowest BCUT2D eigenvalue weighted by atomic mass is 10.1. The molecule has 7 nitrogen and oxygen atoms in total. The Hall–Kier alpha value is -3.48. The zero-order chi connectivity index (χ0) is 17.8. The van der Waals surface area contributed by atoms with Crippen molar-refractivity contribution in [2.45, 2.75) is 6.92 Å². The van der Waals surface area contributed by atoms with Gasteiger partial charge in [-0.25, -0.2) is 0 Å². The van der Waals surface area contributed by atoms with Gasteiger partial charge in [-0.1, -0.05) is 6.07 Å². The molecule has 1 heterocycles. The van der Waals surface area contributed by atoms with Gasteiger partial charge in [0.25, 0.3) is 5.91 Å². The Morgan fingerprint density at radius 1 is 1.24 bits per heavy atom. The second-order valence-corrected chi connectivity index (χ2v) is 5.20. The molecule has 0 saturated carbocycles. The third-order valence-electron chi connectivity index (χ3n) is 3.61. The lowest BCUT2D eigenvalue weighted by molar-refractivity contribution is -0.385. The largest absolute Gasteiger partial charge is 0.487 e. The number of carbonyl (C=O) groups excluding carboxylic acids is 1. The molecular formula is C18H15N3O4. The summed E-state index contributed by atoms with van der Waals surface area (Å²) < 4.78 is 5.23. The highest BCUT2D eigenvalue weighted by molar-refractivity contribution is 6.09. The molecule has 1 amide bonds. The van der Waals surface area contributed by atoms with Crippen LogP contribution in [0.3, 0.4) is 0 Å². The Morgan fingerprint density at radius 2 is 2.08 bits per heavy atom. The highest BCUT2D eigenvalue weighted by Gasteiger charge is 2.19. The van der Waals surface area contributed by atoms with Gasteiger partial charge in [0, 0.05) is 23.2 Å². The summed E-state index contributed by atoms with van der Waals surface area (Å²) in [4.78, 5) is 27.4. The van der Waals surface area contributed by atoms with Gasteiger partial charge >= 0.3 is 5.69 Å². The molecule has 1 aromatic heterocycles. The minimum absolute atomic E-state index is 0.137. The fourth-order valence-electron chi connectivity index (χ4n) is 2.49. The summed E-state index contributed by atoms with van der Waals surface area (Å²) in [7, 11) is 0. The maximum absolute atomic E-state index is 12.5. The number of amides is 1. The highest BCUT2D eigenvalue weighted by atomic mass is 16.6. The van der Waals surface area contributed by atoms with E-state index < -0.39 is 10.8 Å². The van der Waals surface area contributed by atoms with E-state index in [0.717, 1.165) is 10.9 Å². The van der Waals surface area contributed by atoms with Crippen LogP contribution in [-0.4, -0.2) is 22.4 Å². The van der Waals surface area contributed by atoms with Gasteiger partial charge in [0.05, 0.1) is 22.7 Å². The number of ether oxygens (including phenoxy) is 1. The molecule has 1 N–H and O–H groups in total. The smallest absolute Gasteiger partial charge is 0.311 e. The summed E-state index contributed by atoms with van der Waals surface area (Å²) in [6.07, 6.45) is 1.67. The number of pyridine rings is 1. The molecule has 0 bridgehead atoms. The van der Waals surface area contributed by atoms with E-state index in [4.69, 9.17) is 4.74 Å². The maximum Gasteiger partial charge on any atom is 0.311 e. The fraction of sp³-hybridized carbons (Fsp3) is 0.111. The first-order valence-electron chi connectivity index (χ1n) is 7.66. The summed E-state index contributed by atoms with van der Waals surface area (Å²) in [5.74, 6) is -0.305. The molecule has 0 fully saturated rings. The van der Waals surface area contributed by atoms with Gasteiger partial charge in [0.15, 0.2) is 5.75 Å². The number of hydrogen-bond donors (Lipinski definition) is 1. The number of hydrogen-bond acceptors (Lipinski definition) is 5. The Kier molecular flexibility index (Phi) is 4.56.